The van der Waals surface area contributed by atoms with Gasteiger partial charge in [-0.15, -0.1) is 0 Å². The van der Waals surface area contributed by atoms with Gasteiger partial charge in [0.15, 0.2) is 0 Å². The highest BCUT2D eigenvalue weighted by Gasteiger charge is 2.00. The number of carbonyl (C=O) groups is 1. The molecular weight excluding hydrogens is 328 g/mol. The number of amides is 2. The van der Waals surface area contributed by atoms with Gasteiger partial charge in [-0.25, -0.2) is 4.79 Å². The summed E-state index contributed by atoms with van der Waals surface area (Å²) in [6.45, 7) is 4.06. The number of rotatable bonds is 3. The van der Waals surface area contributed by atoms with Crippen LogP contribution in [0.5, 0.6) is 0 Å². The van der Waals surface area contributed by atoms with Gasteiger partial charge in [-0.2, -0.15) is 0 Å². The maximum absolute atomic E-state index is 11.8. The molecule has 0 atom stereocenters. The minimum Gasteiger partial charge on any atom is -0.314 e. The second-order valence-corrected chi connectivity index (χ2v) is 5.70. The van der Waals surface area contributed by atoms with Crippen molar-refractivity contribution in [3.8, 4) is 0 Å². The zero-order valence-corrected chi connectivity index (χ0v) is 13.6. The molecule has 4 heteroatoms. The summed E-state index contributed by atoms with van der Waals surface area (Å²) >= 11 is 3.41. The molecule has 0 saturated heterocycles. The average Bonchev–Trinajstić information content (AvgIpc) is 2.43. The summed E-state index contributed by atoms with van der Waals surface area (Å²) in [5, 5.41) is 5.48. The summed E-state index contributed by atoms with van der Waals surface area (Å²) in [6.07, 6.45) is 3.46. The van der Waals surface area contributed by atoms with Gasteiger partial charge in [-0.05, 0) is 60.9 Å². The SMILES string of the molecule is Cc1ccc(NC(=O)N/C=C/c2cccc(Br)c2)cc1C. The molecule has 0 fully saturated rings. The number of urea groups is 1. The number of carbonyl (C=O) groups excluding carboxylic acids is 1. The Balaban J connectivity index is 1.91. The third-order valence-corrected chi connectivity index (χ3v) is 3.60. The van der Waals surface area contributed by atoms with Gasteiger partial charge in [0.1, 0.15) is 0 Å². The Morgan fingerprint density at radius 1 is 1.10 bits per heavy atom. The van der Waals surface area contributed by atoms with E-state index in [-0.39, 0.29) is 6.03 Å². The molecule has 2 rings (SSSR count). The summed E-state index contributed by atoms with van der Waals surface area (Å²) in [4.78, 5) is 11.8. The topological polar surface area (TPSA) is 41.1 Å². The summed E-state index contributed by atoms with van der Waals surface area (Å²) < 4.78 is 1.00. The molecule has 0 aliphatic carbocycles. The van der Waals surface area contributed by atoms with Crippen LogP contribution >= 0.6 is 15.9 Å². The standard InChI is InChI=1S/C17H17BrN2O/c1-12-6-7-16(10-13(12)2)20-17(21)19-9-8-14-4-3-5-15(18)11-14/h3-11H,1-2H3,(H2,19,20,21)/b9-8+. The van der Waals surface area contributed by atoms with E-state index in [1.54, 1.807) is 6.20 Å². The van der Waals surface area contributed by atoms with Crippen LogP contribution in [0.2, 0.25) is 0 Å². The second kappa shape index (κ2) is 7.09. The Kier molecular flexibility index (Phi) is 5.17. The summed E-state index contributed by atoms with van der Waals surface area (Å²) in [6, 6.07) is 13.4. The first-order valence-electron chi connectivity index (χ1n) is 6.61. The zero-order chi connectivity index (χ0) is 15.2. The molecule has 108 valence electrons. The van der Waals surface area contributed by atoms with E-state index in [0.717, 1.165) is 21.3 Å². The van der Waals surface area contributed by atoms with Gasteiger partial charge < -0.3 is 10.6 Å². The van der Waals surface area contributed by atoms with Gasteiger partial charge in [-0.3, -0.25) is 0 Å². The molecule has 2 aromatic rings. The minimum absolute atomic E-state index is 0.260. The molecule has 21 heavy (non-hydrogen) atoms. The lowest BCUT2D eigenvalue weighted by atomic mass is 10.1. The number of anilines is 1. The number of halogens is 1. The number of benzene rings is 2. The Labute approximate surface area is 133 Å². The van der Waals surface area contributed by atoms with Crippen molar-refractivity contribution in [2.24, 2.45) is 0 Å². The number of nitrogens with one attached hydrogen (secondary N) is 2. The summed E-state index contributed by atoms with van der Waals surface area (Å²) in [7, 11) is 0. The third-order valence-electron chi connectivity index (χ3n) is 3.10. The second-order valence-electron chi connectivity index (χ2n) is 4.79. The van der Waals surface area contributed by atoms with Crippen molar-refractivity contribution in [3.05, 3.63) is 69.8 Å². The fourth-order valence-electron chi connectivity index (χ4n) is 1.81. The Morgan fingerprint density at radius 2 is 1.90 bits per heavy atom. The smallest absolute Gasteiger partial charge is 0.314 e. The fraction of sp³-hybridized carbons (Fsp3) is 0.118. The van der Waals surface area contributed by atoms with E-state index in [1.165, 1.54) is 5.56 Å². The molecule has 3 nitrogen and oxygen atoms in total. The molecule has 0 aromatic heterocycles. The van der Waals surface area contributed by atoms with Crippen LogP contribution in [-0.4, -0.2) is 6.03 Å². The largest absolute Gasteiger partial charge is 0.323 e. The van der Waals surface area contributed by atoms with Crippen LogP contribution in [0, 0.1) is 13.8 Å². The summed E-state index contributed by atoms with van der Waals surface area (Å²) in [5.74, 6) is 0. The molecule has 0 aliphatic heterocycles. The molecule has 0 radical (unpaired) electrons. The fourth-order valence-corrected chi connectivity index (χ4v) is 2.23. The molecule has 0 heterocycles. The normalized spacial score (nSPS) is 10.6. The predicted octanol–water partition coefficient (Wildman–Crippen LogP) is 4.86. The molecule has 2 N–H and O–H groups in total. The molecule has 0 saturated carbocycles. The molecule has 2 aromatic carbocycles. The van der Waals surface area contributed by atoms with Gasteiger partial charge in [-0.1, -0.05) is 34.1 Å². The van der Waals surface area contributed by atoms with Gasteiger partial charge in [0.25, 0.3) is 0 Å². The first-order chi connectivity index (χ1) is 10.0. The van der Waals surface area contributed by atoms with Crippen LogP contribution in [-0.2, 0) is 0 Å². The number of hydrogen-bond acceptors (Lipinski definition) is 1. The van der Waals surface area contributed by atoms with Crippen molar-refractivity contribution in [1.29, 1.82) is 0 Å². The van der Waals surface area contributed by atoms with Crippen molar-refractivity contribution in [3.63, 3.8) is 0 Å². The molecule has 0 unspecified atom stereocenters. The van der Waals surface area contributed by atoms with E-state index in [2.05, 4.69) is 26.6 Å². The predicted molar refractivity (Wildman–Crippen MR) is 91.2 cm³/mol. The maximum Gasteiger partial charge on any atom is 0.323 e. The van der Waals surface area contributed by atoms with Gasteiger partial charge >= 0.3 is 6.03 Å². The molecule has 0 bridgehead atoms. The zero-order valence-electron chi connectivity index (χ0n) is 12.0. The van der Waals surface area contributed by atoms with Crippen LogP contribution in [0.4, 0.5) is 10.5 Å². The molecule has 2 amide bonds. The monoisotopic (exact) mass is 344 g/mol. The highest BCUT2D eigenvalue weighted by Crippen LogP contribution is 2.14. The third kappa shape index (κ3) is 4.76. The maximum atomic E-state index is 11.8. The quantitative estimate of drug-likeness (QED) is 0.820. The minimum atomic E-state index is -0.260. The van der Waals surface area contributed by atoms with Gasteiger partial charge in [0.05, 0.1) is 0 Å². The van der Waals surface area contributed by atoms with Crippen molar-refractivity contribution >= 4 is 33.7 Å². The van der Waals surface area contributed by atoms with E-state index >= 15 is 0 Å². The Morgan fingerprint density at radius 3 is 2.62 bits per heavy atom. The van der Waals surface area contributed by atoms with E-state index < -0.39 is 0 Å². The van der Waals surface area contributed by atoms with Crippen LogP contribution in [0.25, 0.3) is 6.08 Å². The van der Waals surface area contributed by atoms with Crippen LogP contribution in [0.3, 0.4) is 0 Å². The van der Waals surface area contributed by atoms with Crippen molar-refractivity contribution in [2.75, 3.05) is 5.32 Å². The van der Waals surface area contributed by atoms with Crippen LogP contribution in [0.15, 0.2) is 53.1 Å². The van der Waals surface area contributed by atoms with E-state index in [1.807, 2.05) is 62.4 Å². The van der Waals surface area contributed by atoms with Crippen molar-refractivity contribution in [2.45, 2.75) is 13.8 Å². The van der Waals surface area contributed by atoms with E-state index in [0.29, 0.717) is 0 Å². The van der Waals surface area contributed by atoms with Crippen molar-refractivity contribution < 1.29 is 4.79 Å². The highest BCUT2D eigenvalue weighted by molar-refractivity contribution is 9.10. The molecule has 0 spiro atoms. The molecular formula is C17H17BrN2O. The van der Waals surface area contributed by atoms with Gasteiger partial charge in [0.2, 0.25) is 0 Å². The number of aryl methyl sites for hydroxylation is 2. The molecule has 0 aliphatic rings. The van der Waals surface area contributed by atoms with E-state index in [4.69, 9.17) is 0 Å². The lowest BCUT2D eigenvalue weighted by molar-refractivity contribution is 0.255. The van der Waals surface area contributed by atoms with Crippen molar-refractivity contribution in [1.82, 2.24) is 5.32 Å². The Hall–Kier alpha value is -2.07. The van der Waals surface area contributed by atoms with Gasteiger partial charge in [0, 0.05) is 16.4 Å². The van der Waals surface area contributed by atoms with E-state index in [9.17, 15) is 4.79 Å². The lowest BCUT2D eigenvalue weighted by Gasteiger charge is -2.07. The lowest BCUT2D eigenvalue weighted by Crippen LogP contribution is -2.23. The van der Waals surface area contributed by atoms with Crippen LogP contribution in [0.1, 0.15) is 16.7 Å². The average molecular weight is 345 g/mol. The summed E-state index contributed by atoms with van der Waals surface area (Å²) in [5.41, 5.74) is 4.15. The van der Waals surface area contributed by atoms with Crippen LogP contribution < -0.4 is 10.6 Å². The first-order valence-corrected chi connectivity index (χ1v) is 7.41. The first kappa shape index (κ1) is 15.3. The Bertz CT molecular complexity index is 680. The highest BCUT2D eigenvalue weighted by atomic mass is 79.9. The number of hydrogen-bond donors (Lipinski definition) is 2.